The Morgan fingerprint density at radius 3 is 1.46 bits per heavy atom. The van der Waals surface area contributed by atoms with E-state index in [1.165, 1.54) is 49.5 Å². The summed E-state index contributed by atoms with van der Waals surface area (Å²) in [7, 11) is -2.46. The van der Waals surface area contributed by atoms with Crippen LogP contribution in [0.2, 0.25) is 42.5 Å². The SMILES string of the molecule is Cc1ccc(C)c2c1C=C[CH]2[Y]([CH2]CC[C]([Si](C)(C)C)[Si](C)(C)C)[CH]1C=Cc2c(C)ccc(C)c21. The number of allylic oxidation sites excluding steroid dienone is 2. The van der Waals surface area contributed by atoms with Gasteiger partial charge < -0.3 is 0 Å². The molecule has 0 heterocycles. The van der Waals surface area contributed by atoms with Crippen molar-refractivity contribution in [3.63, 3.8) is 0 Å². The third-order valence-corrected chi connectivity index (χ3v) is 27.3. The van der Waals surface area contributed by atoms with Gasteiger partial charge in [-0.3, -0.25) is 0 Å². The van der Waals surface area contributed by atoms with Gasteiger partial charge in [0, 0.05) is 0 Å². The van der Waals surface area contributed by atoms with Crippen LogP contribution in [0.3, 0.4) is 0 Å². The van der Waals surface area contributed by atoms with Crippen molar-refractivity contribution >= 4 is 28.3 Å². The monoisotopic (exact) mass is 575 g/mol. The fourth-order valence-electron chi connectivity index (χ4n) is 7.31. The van der Waals surface area contributed by atoms with Gasteiger partial charge in [0.1, 0.15) is 0 Å². The molecule has 0 fully saturated rings. The van der Waals surface area contributed by atoms with Crippen LogP contribution in [0.15, 0.2) is 36.4 Å². The first-order chi connectivity index (χ1) is 16.3. The first kappa shape index (κ1) is 27.5. The Kier molecular flexibility index (Phi) is 8.10. The van der Waals surface area contributed by atoms with Crippen molar-refractivity contribution in [1.82, 2.24) is 0 Å². The summed E-state index contributed by atoms with van der Waals surface area (Å²) in [6.07, 6.45) is 13.1. The summed E-state index contributed by atoms with van der Waals surface area (Å²) in [5.41, 5.74) is 12.4. The summed E-state index contributed by atoms with van der Waals surface area (Å²) >= 11 is -2.18. The van der Waals surface area contributed by atoms with Crippen LogP contribution in [0.5, 0.6) is 0 Å². The predicted octanol–water partition coefficient (Wildman–Crippen LogP) is 9.90. The fraction of sp³-hybridized carbons (Fsp3) is 0.469. The van der Waals surface area contributed by atoms with Gasteiger partial charge in [-0.15, -0.1) is 0 Å². The van der Waals surface area contributed by atoms with Crippen molar-refractivity contribution in [1.29, 1.82) is 0 Å². The average molecular weight is 576 g/mol. The van der Waals surface area contributed by atoms with E-state index in [4.69, 9.17) is 0 Å². The second-order valence-electron chi connectivity index (χ2n) is 13.4. The van der Waals surface area contributed by atoms with E-state index >= 15 is 0 Å². The van der Waals surface area contributed by atoms with Crippen molar-refractivity contribution < 1.29 is 27.4 Å². The normalized spacial score (nSPS) is 18.9. The Bertz CT molecular complexity index is 1070. The van der Waals surface area contributed by atoms with Crippen LogP contribution in [0.4, 0.5) is 0 Å². The number of fused-ring (bicyclic) bond motifs is 2. The molecule has 2 aliphatic carbocycles. The summed E-state index contributed by atoms with van der Waals surface area (Å²) in [6.45, 7) is 24.9. The molecule has 3 heteroatoms. The van der Waals surface area contributed by atoms with Gasteiger partial charge in [-0.25, -0.2) is 0 Å². The molecule has 2 aliphatic rings. The third kappa shape index (κ3) is 5.52. The molecule has 2 unspecified atom stereocenters. The van der Waals surface area contributed by atoms with Crippen LogP contribution >= 0.6 is 0 Å². The molecule has 0 amide bonds. The van der Waals surface area contributed by atoms with Gasteiger partial charge in [0.15, 0.2) is 0 Å². The van der Waals surface area contributed by atoms with Crippen molar-refractivity contribution in [2.45, 2.75) is 88.5 Å². The van der Waals surface area contributed by atoms with E-state index in [1.807, 2.05) is 5.16 Å². The van der Waals surface area contributed by atoms with Crippen molar-refractivity contribution in [3.8, 4) is 0 Å². The van der Waals surface area contributed by atoms with Gasteiger partial charge >= 0.3 is 230 Å². The Labute approximate surface area is 228 Å². The molecule has 0 saturated carbocycles. The maximum atomic E-state index is 2.64. The molecule has 2 aromatic carbocycles. The number of hydrogen-bond acceptors (Lipinski definition) is 0. The molecule has 0 aliphatic heterocycles. The molecule has 2 atom stereocenters. The van der Waals surface area contributed by atoms with Crippen LogP contribution in [0.1, 0.15) is 62.8 Å². The van der Waals surface area contributed by atoms with Crippen molar-refractivity contribution in [2.24, 2.45) is 0 Å². The Balaban J connectivity index is 1.70. The fourth-order valence-corrected chi connectivity index (χ4v) is 28.9. The zero-order valence-electron chi connectivity index (χ0n) is 24.0. The minimum atomic E-state index is -2.18. The number of benzene rings is 2. The van der Waals surface area contributed by atoms with Gasteiger partial charge in [0.2, 0.25) is 0 Å². The number of hydrogen-bond donors (Lipinski definition) is 0. The van der Waals surface area contributed by atoms with Crippen LogP contribution in [0.25, 0.3) is 12.2 Å². The van der Waals surface area contributed by atoms with Gasteiger partial charge in [-0.05, 0) is 0 Å². The molecule has 0 saturated heterocycles. The van der Waals surface area contributed by atoms with Crippen LogP contribution in [-0.4, -0.2) is 16.1 Å². The zero-order chi connectivity index (χ0) is 25.7. The molecule has 2 aromatic rings. The van der Waals surface area contributed by atoms with Crippen LogP contribution < -0.4 is 0 Å². The van der Waals surface area contributed by atoms with E-state index in [0.717, 1.165) is 5.46 Å². The molecular weight excluding hydrogens is 529 g/mol. The Morgan fingerprint density at radius 2 is 1.06 bits per heavy atom. The summed E-state index contributed by atoms with van der Waals surface area (Å²) < 4.78 is 2.94. The second kappa shape index (κ2) is 10.3. The topological polar surface area (TPSA) is 0 Å². The standard InChI is InChI=1S/2C11H11.C10H24Si2.Y/c2*1-8-6-7-9(2)11-5-3-4-10(8)11;1-8-9-10(11(2,3)4)12(5,6)7;/h2*3-7H,1-2H3;1,8-9H2,2-7H3;. The summed E-state index contributed by atoms with van der Waals surface area (Å²) in [4.78, 5) is 0. The average Bonchev–Trinajstić information content (AvgIpc) is 3.38. The maximum absolute atomic E-state index is 2.64. The Hall–Kier alpha value is -0.542. The number of rotatable bonds is 8. The van der Waals surface area contributed by atoms with E-state index in [0.29, 0.717) is 0 Å². The molecule has 0 N–H and O–H groups in total. The Morgan fingerprint density at radius 1 is 0.657 bits per heavy atom. The van der Waals surface area contributed by atoms with Gasteiger partial charge in [-0.2, -0.15) is 0 Å². The van der Waals surface area contributed by atoms with Crippen LogP contribution in [0, 0.1) is 32.9 Å². The predicted molar refractivity (Wildman–Crippen MR) is 159 cm³/mol. The van der Waals surface area contributed by atoms with Gasteiger partial charge in [0.05, 0.1) is 0 Å². The molecule has 0 spiro atoms. The van der Waals surface area contributed by atoms with E-state index in [-0.39, 0.29) is 0 Å². The van der Waals surface area contributed by atoms with Crippen molar-refractivity contribution in [3.05, 3.63) is 86.1 Å². The number of aryl methyl sites for hydroxylation is 4. The zero-order valence-corrected chi connectivity index (χ0v) is 28.8. The van der Waals surface area contributed by atoms with Crippen LogP contribution in [-0.2, 0) is 27.4 Å². The van der Waals surface area contributed by atoms with E-state index in [2.05, 4.69) is 116 Å². The molecule has 4 rings (SSSR count). The molecular formula is C32H46Si2Y. The van der Waals surface area contributed by atoms with E-state index in [9.17, 15) is 0 Å². The third-order valence-electron chi connectivity index (χ3n) is 8.75. The first-order valence-corrected chi connectivity index (χ1v) is 26.0. The summed E-state index contributed by atoms with van der Waals surface area (Å²) in [5.74, 6) is 0. The van der Waals surface area contributed by atoms with E-state index < -0.39 is 43.6 Å². The van der Waals surface area contributed by atoms with Gasteiger partial charge in [0.25, 0.3) is 0 Å². The molecule has 0 aromatic heterocycles. The molecule has 0 bridgehead atoms. The minimum absolute atomic E-state index is 0.717. The molecule has 35 heavy (non-hydrogen) atoms. The second-order valence-corrected chi connectivity index (χ2v) is 32.3. The summed E-state index contributed by atoms with van der Waals surface area (Å²) in [5, 5.41) is 2.01. The molecule has 1 radical (unpaired) electrons. The molecule has 185 valence electrons. The van der Waals surface area contributed by atoms with Crippen molar-refractivity contribution in [2.75, 3.05) is 0 Å². The quantitative estimate of drug-likeness (QED) is 0.275. The first-order valence-electron chi connectivity index (χ1n) is 13.7. The van der Waals surface area contributed by atoms with E-state index in [1.54, 1.807) is 11.1 Å². The summed E-state index contributed by atoms with van der Waals surface area (Å²) in [6, 6.07) is 9.42. The molecule has 0 nitrogen and oxygen atoms in total. The van der Waals surface area contributed by atoms with Gasteiger partial charge in [-0.1, -0.05) is 0 Å².